The van der Waals surface area contributed by atoms with Crippen molar-refractivity contribution in [3.63, 3.8) is 0 Å². The fourth-order valence-corrected chi connectivity index (χ4v) is 9.67. The van der Waals surface area contributed by atoms with E-state index in [4.69, 9.17) is 0 Å². The molecule has 0 saturated carbocycles. The Kier molecular flexibility index (Phi) is 42.9. The first-order valence-corrected chi connectivity index (χ1v) is 30.1. The number of hydrogen-bond acceptors (Lipinski definition) is 4. The minimum Gasteiger partial charge on any atom is -0.352 e. The molecule has 0 spiro atoms. The van der Waals surface area contributed by atoms with Crippen LogP contribution in [0.2, 0.25) is 0 Å². The maximum absolute atomic E-state index is 14.1. The Balaban J connectivity index is 2.97. The highest BCUT2D eigenvalue weighted by Crippen LogP contribution is 2.22. The van der Waals surface area contributed by atoms with Crippen LogP contribution in [-0.4, -0.2) is 49.8 Å². The Morgan fingerprint density at radius 1 is 0.304 bits per heavy atom. The molecule has 0 aliphatic carbocycles. The summed E-state index contributed by atoms with van der Waals surface area (Å²) in [5.41, 5.74) is 0.584. The number of hydrogen-bond donors (Lipinski definition) is 4. The highest BCUT2D eigenvalue weighted by molar-refractivity contribution is 6.14. The monoisotopic (exact) mass is 965 g/mol. The van der Waals surface area contributed by atoms with Crippen molar-refractivity contribution in [1.29, 1.82) is 0 Å². The van der Waals surface area contributed by atoms with E-state index in [0.717, 1.165) is 89.9 Å². The van der Waals surface area contributed by atoms with Gasteiger partial charge in [-0.15, -0.1) is 0 Å². The highest BCUT2D eigenvalue weighted by Gasteiger charge is 2.27. The molecule has 0 aliphatic heterocycles. The second kappa shape index (κ2) is 46.2. The summed E-state index contributed by atoms with van der Waals surface area (Å²) in [6.07, 6.45) is 47.9. The summed E-state index contributed by atoms with van der Waals surface area (Å²) in [6, 6.07) is 3.02. The van der Waals surface area contributed by atoms with Gasteiger partial charge in [-0.2, -0.15) is 0 Å². The van der Waals surface area contributed by atoms with E-state index in [2.05, 4.69) is 62.8 Å². The van der Waals surface area contributed by atoms with Crippen LogP contribution in [0.25, 0.3) is 0 Å². The van der Waals surface area contributed by atoms with Gasteiger partial charge < -0.3 is 21.3 Å². The third-order valence-corrected chi connectivity index (χ3v) is 14.7. The van der Waals surface area contributed by atoms with Crippen LogP contribution < -0.4 is 21.3 Å². The van der Waals surface area contributed by atoms with Crippen molar-refractivity contribution < 1.29 is 19.2 Å². The van der Waals surface area contributed by atoms with Crippen LogP contribution in [0.1, 0.15) is 333 Å². The number of carbonyl (C=O) groups is 4. The Morgan fingerprint density at radius 3 is 0.754 bits per heavy atom. The average Bonchev–Trinajstić information content (AvgIpc) is 3.36. The predicted molar refractivity (Wildman–Crippen MR) is 297 cm³/mol. The smallest absolute Gasteiger partial charge is 0.252 e. The standard InChI is InChI=1S/C61H112N4O4/c1-7-13-17-19-21-23-25-27-29-31-33-35-37-39-41-43-47-63-59(67)55-49-56(60(68)64-50-52(11-5)44-15-9-3)54(48-57(55)61(69)65-51-53(12-6)45-16-10-4)58(66)62-46-42-40-38-36-34-32-30-28-26-24-22-20-18-14-8-2/h48-49,52-53H,7-47,50-51H2,1-6H3,(H,62,66)(H,63,67)(H,64,68)(H,65,69). The molecule has 0 radical (unpaired) electrons. The van der Waals surface area contributed by atoms with Crippen LogP contribution in [0.3, 0.4) is 0 Å². The molecule has 2 atom stereocenters. The van der Waals surface area contributed by atoms with E-state index < -0.39 is 0 Å². The normalized spacial score (nSPS) is 12.2. The lowest BCUT2D eigenvalue weighted by molar-refractivity contribution is 0.0903. The molecule has 4 N–H and O–H groups in total. The van der Waals surface area contributed by atoms with Crippen LogP contribution in [0, 0.1) is 11.8 Å². The quantitative estimate of drug-likeness (QED) is 0.0487. The molecular formula is C61H112N4O4. The van der Waals surface area contributed by atoms with Crippen molar-refractivity contribution in [3.05, 3.63) is 34.4 Å². The van der Waals surface area contributed by atoms with Gasteiger partial charge in [-0.25, -0.2) is 0 Å². The zero-order valence-electron chi connectivity index (χ0n) is 46.3. The Morgan fingerprint density at radius 2 is 0.522 bits per heavy atom. The number of carbonyl (C=O) groups excluding carboxylic acids is 4. The molecule has 1 aromatic carbocycles. The fraction of sp³-hybridized carbons (Fsp3) is 0.836. The molecule has 0 saturated heterocycles. The minimum atomic E-state index is -0.383. The average molecular weight is 966 g/mol. The first-order chi connectivity index (χ1) is 33.8. The molecule has 69 heavy (non-hydrogen) atoms. The Labute approximate surface area is 426 Å². The van der Waals surface area contributed by atoms with Crippen LogP contribution in [0.4, 0.5) is 0 Å². The summed E-state index contributed by atoms with van der Waals surface area (Å²) in [7, 11) is 0. The SMILES string of the molecule is CCCCCCCCCCCCCCCCCCNC(=O)c1cc(C(=O)NCC(CC)CCCC)c(C(=O)NCCCCCCCCCCCCCCCCC)cc1C(=O)NCC(CC)CCCC. The molecule has 400 valence electrons. The van der Waals surface area contributed by atoms with Gasteiger partial charge in [0.05, 0.1) is 22.3 Å². The summed E-state index contributed by atoms with van der Waals surface area (Å²) in [6.45, 7) is 15.2. The second-order valence-corrected chi connectivity index (χ2v) is 21.0. The van der Waals surface area contributed by atoms with Crippen molar-refractivity contribution in [1.82, 2.24) is 21.3 Å². The van der Waals surface area contributed by atoms with E-state index in [1.165, 1.54) is 173 Å². The molecule has 0 fully saturated rings. The lowest BCUT2D eigenvalue weighted by Gasteiger charge is -2.19. The van der Waals surface area contributed by atoms with E-state index in [9.17, 15) is 19.2 Å². The van der Waals surface area contributed by atoms with Crippen LogP contribution >= 0.6 is 0 Å². The maximum atomic E-state index is 14.1. The summed E-state index contributed by atoms with van der Waals surface area (Å²) in [5, 5.41) is 12.4. The topological polar surface area (TPSA) is 116 Å². The molecule has 0 aromatic heterocycles. The molecule has 4 amide bonds. The predicted octanol–water partition coefficient (Wildman–Crippen LogP) is 17.2. The van der Waals surface area contributed by atoms with Crippen molar-refractivity contribution in [2.75, 3.05) is 26.2 Å². The van der Waals surface area contributed by atoms with Gasteiger partial charge in [0.15, 0.2) is 0 Å². The van der Waals surface area contributed by atoms with Gasteiger partial charge in [0.25, 0.3) is 23.6 Å². The van der Waals surface area contributed by atoms with Crippen LogP contribution in [-0.2, 0) is 0 Å². The summed E-state index contributed by atoms with van der Waals surface area (Å²) in [4.78, 5) is 56.3. The molecule has 8 nitrogen and oxygen atoms in total. The zero-order valence-corrected chi connectivity index (χ0v) is 46.3. The van der Waals surface area contributed by atoms with Crippen LogP contribution in [0.5, 0.6) is 0 Å². The summed E-state index contributed by atoms with van der Waals surface area (Å²) < 4.78 is 0. The van der Waals surface area contributed by atoms with Crippen molar-refractivity contribution in [3.8, 4) is 0 Å². The van der Waals surface area contributed by atoms with E-state index in [1.807, 2.05) is 0 Å². The van der Waals surface area contributed by atoms with Gasteiger partial charge in [-0.1, -0.05) is 266 Å². The van der Waals surface area contributed by atoms with Gasteiger partial charge in [-0.3, -0.25) is 19.2 Å². The number of rotatable bonds is 49. The Bertz CT molecular complexity index is 1410. The second-order valence-electron chi connectivity index (χ2n) is 21.0. The van der Waals surface area contributed by atoms with E-state index in [1.54, 1.807) is 0 Å². The van der Waals surface area contributed by atoms with Gasteiger partial charge in [0.2, 0.25) is 0 Å². The zero-order chi connectivity index (χ0) is 50.4. The van der Waals surface area contributed by atoms with E-state index in [0.29, 0.717) is 38.0 Å². The first-order valence-electron chi connectivity index (χ1n) is 30.1. The molecule has 0 heterocycles. The first kappa shape index (κ1) is 64.1. The number of unbranched alkanes of at least 4 members (excludes halogenated alkanes) is 31. The van der Waals surface area contributed by atoms with Crippen molar-refractivity contribution in [2.24, 2.45) is 11.8 Å². The maximum Gasteiger partial charge on any atom is 0.252 e. The number of amides is 4. The molecule has 2 unspecified atom stereocenters. The molecule has 0 aliphatic rings. The van der Waals surface area contributed by atoms with Gasteiger partial charge in [0, 0.05) is 26.2 Å². The molecule has 0 bridgehead atoms. The summed E-state index contributed by atoms with van der Waals surface area (Å²) in [5.74, 6) is -0.886. The van der Waals surface area contributed by atoms with Gasteiger partial charge >= 0.3 is 0 Å². The Hall–Kier alpha value is -2.90. The summed E-state index contributed by atoms with van der Waals surface area (Å²) >= 11 is 0. The van der Waals surface area contributed by atoms with E-state index >= 15 is 0 Å². The number of benzene rings is 1. The lowest BCUT2D eigenvalue weighted by atomic mass is 9.94. The number of nitrogens with one attached hydrogen (secondary N) is 4. The molecule has 1 aromatic rings. The van der Waals surface area contributed by atoms with Crippen molar-refractivity contribution in [2.45, 2.75) is 292 Å². The highest BCUT2D eigenvalue weighted by atomic mass is 16.2. The molecule has 8 heteroatoms. The fourth-order valence-electron chi connectivity index (χ4n) is 9.67. The molecular weight excluding hydrogens is 853 g/mol. The lowest BCUT2D eigenvalue weighted by Crippen LogP contribution is -2.36. The van der Waals surface area contributed by atoms with E-state index in [-0.39, 0.29) is 45.9 Å². The van der Waals surface area contributed by atoms with Gasteiger partial charge in [-0.05, 0) is 49.7 Å². The third kappa shape index (κ3) is 33.4. The van der Waals surface area contributed by atoms with Gasteiger partial charge in [0.1, 0.15) is 0 Å². The minimum absolute atomic E-state index is 0.146. The van der Waals surface area contributed by atoms with Crippen LogP contribution in [0.15, 0.2) is 12.1 Å². The third-order valence-electron chi connectivity index (χ3n) is 14.7. The largest absolute Gasteiger partial charge is 0.352 e. The van der Waals surface area contributed by atoms with Crippen molar-refractivity contribution >= 4 is 23.6 Å². The molecule has 1 rings (SSSR count).